The molecule has 1 saturated heterocycles. The highest BCUT2D eigenvalue weighted by molar-refractivity contribution is 7.99. The molecule has 0 aromatic heterocycles. The van der Waals surface area contributed by atoms with Crippen molar-refractivity contribution in [1.29, 1.82) is 0 Å². The molecule has 2 aliphatic rings. The first-order valence-corrected chi connectivity index (χ1v) is 9.33. The van der Waals surface area contributed by atoms with Gasteiger partial charge in [0.2, 0.25) is 0 Å². The van der Waals surface area contributed by atoms with Crippen LogP contribution in [0.1, 0.15) is 45.4 Å². The smallest absolute Gasteiger partial charge is 0.326 e. The lowest BCUT2D eigenvalue weighted by molar-refractivity contribution is -0.152. The average molecular weight is 315 g/mol. The first-order chi connectivity index (χ1) is 10.2. The van der Waals surface area contributed by atoms with Crippen LogP contribution in [-0.2, 0) is 14.3 Å². The highest BCUT2D eigenvalue weighted by Gasteiger charge is 2.48. The molecule has 2 atom stereocenters. The van der Waals surface area contributed by atoms with Crippen LogP contribution in [-0.4, -0.2) is 49.4 Å². The van der Waals surface area contributed by atoms with E-state index in [0.29, 0.717) is 12.5 Å². The maximum atomic E-state index is 12.4. The maximum Gasteiger partial charge on any atom is 0.326 e. The molecule has 5 heteroatoms. The van der Waals surface area contributed by atoms with Gasteiger partial charge < -0.3 is 14.8 Å². The maximum absolute atomic E-state index is 12.4. The van der Waals surface area contributed by atoms with E-state index in [9.17, 15) is 4.79 Å². The van der Waals surface area contributed by atoms with Gasteiger partial charge in [0.05, 0.1) is 6.61 Å². The second kappa shape index (κ2) is 8.39. The minimum atomic E-state index is -0.438. The van der Waals surface area contributed by atoms with Crippen molar-refractivity contribution < 1.29 is 14.3 Å². The van der Waals surface area contributed by atoms with Crippen LogP contribution >= 0.6 is 11.8 Å². The van der Waals surface area contributed by atoms with E-state index in [-0.39, 0.29) is 5.97 Å². The van der Waals surface area contributed by atoms with Crippen LogP contribution in [0, 0.1) is 5.92 Å². The molecule has 21 heavy (non-hydrogen) atoms. The Hall–Kier alpha value is -0.260. The van der Waals surface area contributed by atoms with Crippen molar-refractivity contribution in [3.8, 4) is 0 Å². The highest BCUT2D eigenvalue weighted by atomic mass is 32.2. The summed E-state index contributed by atoms with van der Waals surface area (Å²) in [7, 11) is 1.90. The zero-order chi connectivity index (χ0) is 15.1. The second-order valence-electron chi connectivity index (χ2n) is 6.00. The van der Waals surface area contributed by atoms with E-state index < -0.39 is 5.54 Å². The van der Waals surface area contributed by atoms with Crippen LogP contribution in [0.4, 0.5) is 0 Å². The Kier molecular flexibility index (Phi) is 6.83. The third kappa shape index (κ3) is 4.14. The summed E-state index contributed by atoms with van der Waals surface area (Å²) in [6, 6.07) is 0. The van der Waals surface area contributed by atoms with Gasteiger partial charge in [-0.05, 0) is 57.7 Å². The third-order valence-corrected chi connectivity index (χ3v) is 6.31. The molecule has 122 valence electrons. The molecular weight excluding hydrogens is 286 g/mol. The second-order valence-corrected chi connectivity index (χ2v) is 7.41. The summed E-state index contributed by atoms with van der Waals surface area (Å²) < 4.78 is 10.7. The predicted molar refractivity (Wildman–Crippen MR) is 86.7 cm³/mol. The molecule has 0 radical (unpaired) electrons. The molecule has 1 saturated carbocycles. The molecule has 1 aliphatic carbocycles. The molecule has 1 heterocycles. The van der Waals surface area contributed by atoms with Crippen molar-refractivity contribution in [2.45, 2.75) is 56.2 Å². The molecule has 1 N–H and O–H groups in total. The number of carbonyl (C=O) groups is 1. The fraction of sp³-hybridized carbons (Fsp3) is 0.938. The predicted octanol–water partition coefficient (Wildman–Crippen LogP) is 2.61. The van der Waals surface area contributed by atoms with E-state index in [2.05, 4.69) is 17.1 Å². The molecule has 2 fully saturated rings. The van der Waals surface area contributed by atoms with E-state index in [4.69, 9.17) is 9.47 Å². The number of carbonyl (C=O) groups excluding carboxylic acids is 1. The normalized spacial score (nSPS) is 30.5. The molecule has 2 rings (SSSR count). The van der Waals surface area contributed by atoms with Gasteiger partial charge in [0.25, 0.3) is 0 Å². The number of ether oxygens (including phenoxy) is 2. The van der Waals surface area contributed by atoms with E-state index in [1.54, 1.807) is 0 Å². The van der Waals surface area contributed by atoms with Crippen molar-refractivity contribution in [3.63, 3.8) is 0 Å². The molecule has 1 aliphatic heterocycles. The van der Waals surface area contributed by atoms with Crippen LogP contribution in [0.15, 0.2) is 0 Å². The van der Waals surface area contributed by atoms with E-state index >= 15 is 0 Å². The van der Waals surface area contributed by atoms with Gasteiger partial charge in [-0.2, -0.15) is 11.8 Å². The van der Waals surface area contributed by atoms with Crippen LogP contribution in [0.2, 0.25) is 0 Å². The molecule has 4 nitrogen and oxygen atoms in total. The van der Waals surface area contributed by atoms with Gasteiger partial charge >= 0.3 is 5.97 Å². The van der Waals surface area contributed by atoms with Crippen LogP contribution in [0.25, 0.3) is 0 Å². The van der Waals surface area contributed by atoms with E-state index in [1.807, 2.05) is 14.0 Å². The van der Waals surface area contributed by atoms with Gasteiger partial charge in [-0.1, -0.05) is 6.42 Å². The Morgan fingerprint density at radius 2 is 2.14 bits per heavy atom. The first-order valence-electron chi connectivity index (χ1n) is 8.28. The van der Waals surface area contributed by atoms with Gasteiger partial charge in [0.1, 0.15) is 5.54 Å². The lowest BCUT2D eigenvalue weighted by Crippen LogP contribution is -2.54. The van der Waals surface area contributed by atoms with E-state index in [0.717, 1.165) is 49.9 Å². The summed E-state index contributed by atoms with van der Waals surface area (Å²) in [6.07, 6.45) is 6.60. The van der Waals surface area contributed by atoms with Crippen molar-refractivity contribution in [2.24, 2.45) is 5.92 Å². The summed E-state index contributed by atoms with van der Waals surface area (Å²) in [5.41, 5.74) is -0.438. The lowest BCUT2D eigenvalue weighted by Gasteiger charge is -2.33. The number of likely N-dealkylation sites (N-methyl/N-ethyl adjacent to an activating group) is 1. The van der Waals surface area contributed by atoms with Crippen LogP contribution in [0.5, 0.6) is 0 Å². The third-order valence-electron chi connectivity index (χ3n) is 4.89. The first kappa shape index (κ1) is 17.1. The average Bonchev–Trinajstić information content (AvgIpc) is 2.93. The highest BCUT2D eigenvalue weighted by Crippen LogP contribution is 2.40. The SMILES string of the molecule is CCOC(=O)C1(NC)CCCC1CCSC1CCOCC1. The van der Waals surface area contributed by atoms with Gasteiger partial charge in [-0.3, -0.25) is 4.79 Å². The van der Waals surface area contributed by atoms with E-state index in [1.165, 1.54) is 12.8 Å². The summed E-state index contributed by atoms with van der Waals surface area (Å²) >= 11 is 2.06. The van der Waals surface area contributed by atoms with Gasteiger partial charge in [-0.15, -0.1) is 0 Å². The Labute approximate surface area is 132 Å². The van der Waals surface area contributed by atoms with Gasteiger partial charge in [0.15, 0.2) is 0 Å². The summed E-state index contributed by atoms with van der Waals surface area (Å²) in [6.45, 7) is 4.16. The van der Waals surface area contributed by atoms with Crippen molar-refractivity contribution in [3.05, 3.63) is 0 Å². The molecule has 0 spiro atoms. The molecule has 0 aromatic rings. The van der Waals surface area contributed by atoms with Crippen molar-refractivity contribution >= 4 is 17.7 Å². The zero-order valence-corrected chi connectivity index (χ0v) is 14.2. The molecule has 0 amide bonds. The van der Waals surface area contributed by atoms with Gasteiger partial charge in [0, 0.05) is 18.5 Å². The Morgan fingerprint density at radius 1 is 1.38 bits per heavy atom. The number of nitrogens with one attached hydrogen (secondary N) is 1. The molecular formula is C16H29NO3S. The zero-order valence-electron chi connectivity index (χ0n) is 13.4. The molecule has 0 aromatic carbocycles. The minimum Gasteiger partial charge on any atom is -0.465 e. The standard InChI is InChI=1S/C16H29NO3S/c1-3-20-15(18)16(17-2)9-4-5-13(16)8-12-21-14-6-10-19-11-7-14/h13-14,17H,3-12H2,1-2H3. The Balaban J connectivity index is 1.83. The van der Waals surface area contributed by atoms with Crippen LogP contribution in [0.3, 0.4) is 0 Å². The monoisotopic (exact) mass is 315 g/mol. The number of thioether (sulfide) groups is 1. The quantitative estimate of drug-likeness (QED) is 0.732. The summed E-state index contributed by atoms with van der Waals surface area (Å²) in [4.78, 5) is 12.4. The Bertz CT molecular complexity index is 333. The summed E-state index contributed by atoms with van der Waals surface area (Å²) in [5, 5.41) is 4.04. The lowest BCUT2D eigenvalue weighted by atomic mass is 9.85. The number of rotatable bonds is 7. The largest absolute Gasteiger partial charge is 0.465 e. The van der Waals surface area contributed by atoms with Crippen LogP contribution < -0.4 is 5.32 Å². The number of hydrogen-bond donors (Lipinski definition) is 1. The van der Waals surface area contributed by atoms with Gasteiger partial charge in [-0.25, -0.2) is 0 Å². The molecule has 2 unspecified atom stereocenters. The summed E-state index contributed by atoms with van der Waals surface area (Å²) in [5.74, 6) is 1.50. The number of hydrogen-bond acceptors (Lipinski definition) is 5. The van der Waals surface area contributed by atoms with Crippen molar-refractivity contribution in [1.82, 2.24) is 5.32 Å². The number of esters is 1. The molecule has 0 bridgehead atoms. The minimum absolute atomic E-state index is 0.0499. The Morgan fingerprint density at radius 3 is 2.81 bits per heavy atom. The fourth-order valence-electron chi connectivity index (χ4n) is 3.65. The topological polar surface area (TPSA) is 47.6 Å². The fourth-order valence-corrected chi connectivity index (χ4v) is 4.93. The van der Waals surface area contributed by atoms with Crippen molar-refractivity contribution in [2.75, 3.05) is 32.6 Å².